The Morgan fingerprint density at radius 2 is 2.25 bits per heavy atom. The van der Waals surface area contributed by atoms with Gasteiger partial charge in [0, 0.05) is 12.8 Å². The summed E-state index contributed by atoms with van der Waals surface area (Å²) in [5.74, 6) is 0.774. The first-order valence-corrected chi connectivity index (χ1v) is 5.21. The van der Waals surface area contributed by atoms with Crippen molar-refractivity contribution in [2.24, 2.45) is 0 Å². The Balaban J connectivity index is 2.27. The number of benzene rings is 1. The molecule has 0 amide bonds. The fourth-order valence-corrected chi connectivity index (χ4v) is 1.64. The first-order valence-electron chi connectivity index (χ1n) is 5.21. The average Bonchev–Trinajstić information content (AvgIpc) is 2.30. The normalized spacial score (nSPS) is 14.6. The van der Waals surface area contributed by atoms with Crippen molar-refractivity contribution in [3.63, 3.8) is 0 Å². The molecule has 0 aliphatic carbocycles. The smallest absolute Gasteiger partial charge is 0.170 e. The van der Waals surface area contributed by atoms with Gasteiger partial charge in [-0.25, -0.2) is 0 Å². The van der Waals surface area contributed by atoms with Crippen LogP contribution in [0.15, 0.2) is 24.3 Å². The van der Waals surface area contributed by atoms with Gasteiger partial charge in [0.25, 0.3) is 0 Å². The van der Waals surface area contributed by atoms with Gasteiger partial charge in [0.05, 0.1) is 12.2 Å². The Hall–Kier alpha value is -1.90. The van der Waals surface area contributed by atoms with Gasteiger partial charge >= 0.3 is 0 Å². The second-order valence-corrected chi connectivity index (χ2v) is 3.58. The molecule has 3 heteroatoms. The van der Waals surface area contributed by atoms with Crippen LogP contribution < -0.4 is 4.74 Å². The van der Waals surface area contributed by atoms with Gasteiger partial charge in [0.1, 0.15) is 12.0 Å². The maximum Gasteiger partial charge on any atom is 0.170 e. The molecular formula is C13H12O3. The molecule has 0 radical (unpaired) electrons. The number of allylic oxidation sites excluding steroid dienone is 1. The minimum absolute atomic E-state index is 0.117. The van der Waals surface area contributed by atoms with Gasteiger partial charge in [-0.1, -0.05) is 18.2 Å². The lowest BCUT2D eigenvalue weighted by atomic mass is 10.0. The maximum absolute atomic E-state index is 11.6. The van der Waals surface area contributed by atoms with Crippen LogP contribution in [0.1, 0.15) is 28.8 Å². The Morgan fingerprint density at radius 1 is 1.38 bits per heavy atom. The number of ether oxygens (including phenoxy) is 1. The van der Waals surface area contributed by atoms with E-state index in [1.165, 1.54) is 0 Å². The third-order valence-corrected chi connectivity index (χ3v) is 2.43. The average molecular weight is 216 g/mol. The zero-order chi connectivity index (χ0) is 11.4. The van der Waals surface area contributed by atoms with E-state index in [0.717, 1.165) is 11.8 Å². The molecule has 16 heavy (non-hydrogen) atoms. The highest BCUT2D eigenvalue weighted by Gasteiger charge is 2.17. The van der Waals surface area contributed by atoms with Crippen molar-refractivity contribution >= 4 is 18.1 Å². The van der Waals surface area contributed by atoms with E-state index in [1.54, 1.807) is 18.2 Å². The number of Topliss-reactive ketones (excluding diaryl/α,β-unsaturated/α-hetero) is 1. The van der Waals surface area contributed by atoms with Crippen LogP contribution in [0.3, 0.4) is 0 Å². The highest BCUT2D eigenvalue weighted by molar-refractivity contribution is 6.00. The summed E-state index contributed by atoms with van der Waals surface area (Å²) in [5.41, 5.74) is 1.55. The number of hydrogen-bond donors (Lipinski definition) is 0. The largest absolute Gasteiger partial charge is 0.492 e. The lowest BCUT2D eigenvalue weighted by molar-refractivity contribution is -0.107. The SMILES string of the molecule is O=CCC=Cc1ccc2c(c1)C(=O)CCO2. The van der Waals surface area contributed by atoms with Crippen LogP contribution in [-0.2, 0) is 4.79 Å². The molecule has 0 spiro atoms. The second kappa shape index (κ2) is 4.75. The summed E-state index contributed by atoms with van der Waals surface area (Å²) in [5, 5.41) is 0. The first-order chi connectivity index (χ1) is 7.81. The van der Waals surface area contributed by atoms with Crippen LogP contribution in [-0.4, -0.2) is 18.7 Å². The van der Waals surface area contributed by atoms with Crippen LogP contribution in [0.4, 0.5) is 0 Å². The fourth-order valence-electron chi connectivity index (χ4n) is 1.64. The van der Waals surface area contributed by atoms with E-state index in [-0.39, 0.29) is 5.78 Å². The van der Waals surface area contributed by atoms with E-state index < -0.39 is 0 Å². The van der Waals surface area contributed by atoms with Crippen LogP contribution in [0.25, 0.3) is 6.08 Å². The summed E-state index contributed by atoms with van der Waals surface area (Å²) in [7, 11) is 0. The lowest BCUT2D eigenvalue weighted by Crippen LogP contribution is -2.15. The highest BCUT2D eigenvalue weighted by atomic mass is 16.5. The van der Waals surface area contributed by atoms with Gasteiger partial charge < -0.3 is 9.53 Å². The fraction of sp³-hybridized carbons (Fsp3) is 0.231. The zero-order valence-corrected chi connectivity index (χ0v) is 8.81. The molecular weight excluding hydrogens is 204 g/mol. The number of carbonyl (C=O) groups excluding carboxylic acids is 2. The first kappa shape index (κ1) is 10.6. The van der Waals surface area contributed by atoms with Gasteiger partial charge in [-0.3, -0.25) is 4.79 Å². The van der Waals surface area contributed by atoms with E-state index in [4.69, 9.17) is 4.74 Å². The molecule has 1 aliphatic heterocycles. The predicted molar refractivity (Wildman–Crippen MR) is 60.6 cm³/mol. The topological polar surface area (TPSA) is 43.4 Å². The molecule has 0 saturated carbocycles. The summed E-state index contributed by atoms with van der Waals surface area (Å²) in [4.78, 5) is 21.8. The van der Waals surface area contributed by atoms with Gasteiger partial charge in [-0.05, 0) is 17.7 Å². The van der Waals surface area contributed by atoms with Gasteiger partial charge in [0.15, 0.2) is 5.78 Å². The molecule has 0 fully saturated rings. The standard InChI is InChI=1S/C13H12O3/c14-7-2-1-3-10-4-5-13-11(9-10)12(15)6-8-16-13/h1,3-5,7,9H,2,6,8H2. The van der Waals surface area contributed by atoms with E-state index in [9.17, 15) is 9.59 Å². The van der Waals surface area contributed by atoms with Crippen LogP contribution in [0, 0.1) is 0 Å². The van der Waals surface area contributed by atoms with Gasteiger partial charge in [0.2, 0.25) is 0 Å². The minimum atomic E-state index is 0.117. The van der Waals surface area contributed by atoms with Gasteiger partial charge in [-0.15, -0.1) is 0 Å². The molecule has 0 atom stereocenters. The minimum Gasteiger partial charge on any atom is -0.492 e. The van der Waals surface area contributed by atoms with Crippen molar-refractivity contribution in [1.29, 1.82) is 0 Å². The molecule has 82 valence electrons. The quantitative estimate of drug-likeness (QED) is 0.728. The number of fused-ring (bicyclic) bond motifs is 1. The van der Waals surface area contributed by atoms with Crippen molar-refractivity contribution in [3.8, 4) is 5.75 Å². The molecule has 1 heterocycles. The molecule has 0 saturated heterocycles. The lowest BCUT2D eigenvalue weighted by Gasteiger charge is -2.16. The summed E-state index contributed by atoms with van der Waals surface area (Å²) in [6.07, 6.45) is 5.26. The third-order valence-electron chi connectivity index (χ3n) is 2.43. The second-order valence-electron chi connectivity index (χ2n) is 3.58. The molecule has 0 unspecified atom stereocenters. The number of hydrogen-bond acceptors (Lipinski definition) is 3. The molecule has 3 nitrogen and oxygen atoms in total. The van der Waals surface area contributed by atoms with E-state index in [2.05, 4.69) is 0 Å². The highest BCUT2D eigenvalue weighted by Crippen LogP contribution is 2.25. The van der Waals surface area contributed by atoms with Crippen molar-refractivity contribution in [3.05, 3.63) is 35.4 Å². The Morgan fingerprint density at radius 3 is 3.06 bits per heavy atom. The van der Waals surface area contributed by atoms with Crippen LogP contribution >= 0.6 is 0 Å². The molecule has 2 rings (SSSR count). The van der Waals surface area contributed by atoms with E-state index in [1.807, 2.05) is 12.1 Å². The molecule has 0 N–H and O–H groups in total. The van der Waals surface area contributed by atoms with Crippen molar-refractivity contribution in [2.45, 2.75) is 12.8 Å². The monoisotopic (exact) mass is 216 g/mol. The Labute approximate surface area is 93.7 Å². The van der Waals surface area contributed by atoms with Crippen molar-refractivity contribution in [1.82, 2.24) is 0 Å². The molecule has 0 aromatic heterocycles. The summed E-state index contributed by atoms with van der Waals surface area (Å²) in [6, 6.07) is 5.48. The van der Waals surface area contributed by atoms with E-state index in [0.29, 0.717) is 30.8 Å². The number of aldehydes is 1. The molecule has 1 aromatic carbocycles. The van der Waals surface area contributed by atoms with Crippen molar-refractivity contribution in [2.75, 3.05) is 6.61 Å². The number of ketones is 1. The zero-order valence-electron chi connectivity index (χ0n) is 8.81. The van der Waals surface area contributed by atoms with Crippen LogP contribution in [0.2, 0.25) is 0 Å². The molecule has 1 aliphatic rings. The summed E-state index contributed by atoms with van der Waals surface area (Å²) < 4.78 is 5.37. The van der Waals surface area contributed by atoms with Crippen LogP contribution in [0.5, 0.6) is 5.75 Å². The summed E-state index contributed by atoms with van der Waals surface area (Å²) >= 11 is 0. The Bertz CT molecular complexity index is 446. The number of carbonyl (C=O) groups is 2. The maximum atomic E-state index is 11.6. The predicted octanol–water partition coefficient (Wildman–Crippen LogP) is 2.25. The Kier molecular flexibility index (Phi) is 3.15. The third kappa shape index (κ3) is 2.19. The molecule has 0 bridgehead atoms. The summed E-state index contributed by atoms with van der Waals surface area (Å²) in [6.45, 7) is 0.464. The molecule has 1 aromatic rings. The van der Waals surface area contributed by atoms with E-state index >= 15 is 0 Å². The van der Waals surface area contributed by atoms with Crippen molar-refractivity contribution < 1.29 is 14.3 Å². The number of rotatable bonds is 3. The van der Waals surface area contributed by atoms with Gasteiger partial charge in [-0.2, -0.15) is 0 Å².